The molecular formula is C27H35ClN6O3. The number of amides is 1. The van der Waals surface area contributed by atoms with Gasteiger partial charge >= 0.3 is 6.09 Å². The monoisotopic (exact) mass is 526 g/mol. The van der Waals surface area contributed by atoms with E-state index in [2.05, 4.69) is 21.9 Å². The average molecular weight is 527 g/mol. The van der Waals surface area contributed by atoms with Gasteiger partial charge in [-0.2, -0.15) is 5.10 Å². The summed E-state index contributed by atoms with van der Waals surface area (Å²) in [6.45, 7) is 12.1. The van der Waals surface area contributed by atoms with Crippen LogP contribution >= 0.6 is 11.6 Å². The van der Waals surface area contributed by atoms with Gasteiger partial charge in [0, 0.05) is 24.2 Å². The molecule has 2 aromatic heterocycles. The van der Waals surface area contributed by atoms with E-state index in [9.17, 15) is 9.90 Å². The van der Waals surface area contributed by atoms with Crippen molar-refractivity contribution in [3.8, 4) is 0 Å². The first kappa shape index (κ1) is 25.7. The third-order valence-corrected chi connectivity index (χ3v) is 7.33. The quantitative estimate of drug-likeness (QED) is 0.449. The van der Waals surface area contributed by atoms with Gasteiger partial charge in [-0.15, -0.1) is 0 Å². The molecule has 1 N–H and O–H groups in total. The van der Waals surface area contributed by atoms with Crippen LogP contribution in [0.5, 0.6) is 0 Å². The number of aromatic nitrogens is 4. The highest BCUT2D eigenvalue weighted by atomic mass is 35.5. The number of benzene rings is 1. The minimum atomic E-state index is -0.696. The predicted octanol–water partition coefficient (Wildman–Crippen LogP) is 5.94. The summed E-state index contributed by atoms with van der Waals surface area (Å²) in [6, 6.07) is 4.26. The van der Waals surface area contributed by atoms with Crippen molar-refractivity contribution in [1.29, 1.82) is 0 Å². The van der Waals surface area contributed by atoms with E-state index in [0.29, 0.717) is 41.7 Å². The van der Waals surface area contributed by atoms with Crippen molar-refractivity contribution in [1.82, 2.24) is 19.7 Å². The van der Waals surface area contributed by atoms with Gasteiger partial charge in [-0.1, -0.05) is 11.6 Å². The summed E-state index contributed by atoms with van der Waals surface area (Å²) in [6.07, 6.45) is 6.25. The molecule has 0 radical (unpaired) electrons. The third-order valence-electron chi connectivity index (χ3n) is 7.03. The molecule has 0 spiro atoms. The Balaban J connectivity index is 1.57. The van der Waals surface area contributed by atoms with Gasteiger partial charge in [-0.25, -0.2) is 19.7 Å². The molecule has 5 rings (SSSR count). The smallest absolute Gasteiger partial charge is 0.422 e. The summed E-state index contributed by atoms with van der Waals surface area (Å²) in [4.78, 5) is 26.4. The molecule has 3 aromatic rings. The van der Waals surface area contributed by atoms with Crippen LogP contribution in [0.15, 0.2) is 24.5 Å². The molecule has 1 saturated heterocycles. The normalized spacial score (nSPS) is 22.4. The van der Waals surface area contributed by atoms with Crippen LogP contribution in [0.1, 0.15) is 72.0 Å². The lowest BCUT2D eigenvalue weighted by Gasteiger charge is -2.42. The molecule has 2 aliphatic rings. The van der Waals surface area contributed by atoms with Gasteiger partial charge in [-0.3, -0.25) is 4.68 Å². The second-order valence-corrected chi connectivity index (χ2v) is 12.0. The predicted molar refractivity (Wildman–Crippen MR) is 145 cm³/mol. The van der Waals surface area contributed by atoms with E-state index in [1.807, 2.05) is 51.4 Å². The van der Waals surface area contributed by atoms with E-state index in [4.69, 9.17) is 21.3 Å². The number of ether oxygens (including phenoxy) is 1. The minimum Gasteiger partial charge on any atom is -0.443 e. The summed E-state index contributed by atoms with van der Waals surface area (Å²) in [5.41, 5.74) is 1.59. The lowest BCUT2D eigenvalue weighted by atomic mass is 9.88. The number of hydrogen-bond donors (Lipinski definition) is 1. The molecule has 1 aliphatic carbocycles. The first-order valence-corrected chi connectivity index (χ1v) is 13.2. The van der Waals surface area contributed by atoms with Crippen LogP contribution in [0.25, 0.3) is 10.9 Å². The van der Waals surface area contributed by atoms with Gasteiger partial charge in [0.25, 0.3) is 0 Å². The van der Waals surface area contributed by atoms with Gasteiger partial charge in [-0.05, 0) is 79.4 Å². The van der Waals surface area contributed by atoms with Crippen molar-refractivity contribution >= 4 is 45.9 Å². The van der Waals surface area contributed by atoms with Crippen molar-refractivity contribution in [2.24, 2.45) is 0 Å². The zero-order valence-electron chi connectivity index (χ0n) is 22.3. The first-order chi connectivity index (χ1) is 17.3. The molecule has 2 fully saturated rings. The molecule has 1 saturated carbocycles. The molecule has 37 heavy (non-hydrogen) atoms. The topological polar surface area (TPSA) is 96.6 Å². The van der Waals surface area contributed by atoms with Crippen molar-refractivity contribution in [3.05, 3.63) is 35.2 Å². The highest BCUT2D eigenvalue weighted by molar-refractivity contribution is 6.34. The zero-order chi connectivity index (χ0) is 26.7. The Labute approximate surface area is 222 Å². The van der Waals surface area contributed by atoms with Crippen molar-refractivity contribution < 1.29 is 14.6 Å². The Hall–Kier alpha value is -2.91. The van der Waals surface area contributed by atoms with Crippen LogP contribution < -0.4 is 9.80 Å². The maximum atomic E-state index is 13.4. The summed E-state index contributed by atoms with van der Waals surface area (Å²) in [5, 5.41) is 16.4. The minimum absolute atomic E-state index is 0.106. The number of piperidine rings is 1. The van der Waals surface area contributed by atoms with Gasteiger partial charge in [0.2, 0.25) is 5.95 Å². The molecule has 2 atom stereocenters. The lowest BCUT2D eigenvalue weighted by molar-refractivity contribution is 0.0242. The van der Waals surface area contributed by atoms with Crippen LogP contribution in [0.4, 0.5) is 22.1 Å². The molecule has 2 unspecified atom stereocenters. The zero-order valence-corrected chi connectivity index (χ0v) is 23.1. The Morgan fingerprint density at radius 1 is 1.27 bits per heavy atom. The van der Waals surface area contributed by atoms with Crippen LogP contribution in [-0.2, 0) is 4.74 Å². The van der Waals surface area contributed by atoms with Crippen LogP contribution in [0.2, 0.25) is 5.02 Å². The van der Waals surface area contributed by atoms with Crippen LogP contribution in [0, 0.1) is 6.92 Å². The first-order valence-electron chi connectivity index (χ1n) is 12.9. The van der Waals surface area contributed by atoms with Crippen molar-refractivity contribution in [3.63, 3.8) is 0 Å². The van der Waals surface area contributed by atoms with Gasteiger partial charge < -0.3 is 14.7 Å². The van der Waals surface area contributed by atoms with E-state index < -0.39 is 17.3 Å². The van der Waals surface area contributed by atoms with E-state index in [-0.39, 0.29) is 12.0 Å². The molecule has 1 amide bonds. The molecular weight excluding hydrogens is 492 g/mol. The van der Waals surface area contributed by atoms with Crippen molar-refractivity contribution in [2.75, 3.05) is 16.3 Å². The molecule has 1 aromatic carbocycles. The van der Waals surface area contributed by atoms with Crippen molar-refractivity contribution in [2.45, 2.75) is 90.5 Å². The number of fused-ring (bicyclic) bond motifs is 1. The molecule has 1 aliphatic heterocycles. The summed E-state index contributed by atoms with van der Waals surface area (Å²) >= 11 is 6.70. The molecule has 10 heteroatoms. The Bertz CT molecular complexity index is 1340. The third kappa shape index (κ3) is 5.25. The SMILES string of the molecule is Cc1c(N(C(=O)OC(C)(C)C)c2ncc3cc(Cl)c(N4CCC(C)(O)CC4C)cc3n2)cnn1C1CC1. The Morgan fingerprint density at radius 3 is 2.65 bits per heavy atom. The number of aliphatic hydroxyl groups is 1. The summed E-state index contributed by atoms with van der Waals surface area (Å²) < 4.78 is 7.71. The maximum absolute atomic E-state index is 13.4. The van der Waals surface area contributed by atoms with Crippen LogP contribution in [0.3, 0.4) is 0 Å². The van der Waals surface area contributed by atoms with E-state index in [1.54, 1.807) is 12.4 Å². The fourth-order valence-electron chi connectivity index (χ4n) is 5.06. The number of halogens is 1. The fourth-order valence-corrected chi connectivity index (χ4v) is 5.34. The van der Waals surface area contributed by atoms with E-state index in [0.717, 1.165) is 29.6 Å². The molecule has 0 bridgehead atoms. The Kier molecular flexibility index (Phi) is 6.35. The van der Waals surface area contributed by atoms with Gasteiger partial charge in [0.15, 0.2) is 0 Å². The standard InChI is InChI=1S/C27H35ClN6O3/c1-16-13-27(6,36)9-10-32(16)22-12-21-18(11-20(22)28)14-29-24(31-21)33(25(35)37-26(3,4)5)23-15-30-34(17(23)2)19-7-8-19/h11-12,14-16,19,36H,7-10,13H2,1-6H3. The fraction of sp³-hybridized carbons (Fsp3) is 0.556. The number of nitrogens with zero attached hydrogens (tertiary/aromatic N) is 6. The number of hydrogen-bond acceptors (Lipinski definition) is 7. The Morgan fingerprint density at radius 2 is 2.00 bits per heavy atom. The number of carbonyl (C=O) groups excluding carboxylic acids is 1. The average Bonchev–Trinajstić information content (AvgIpc) is 3.55. The molecule has 198 valence electrons. The molecule has 9 nitrogen and oxygen atoms in total. The number of anilines is 3. The molecule has 3 heterocycles. The maximum Gasteiger partial charge on any atom is 0.422 e. The summed E-state index contributed by atoms with van der Waals surface area (Å²) in [5.74, 6) is 0.211. The number of rotatable bonds is 4. The summed E-state index contributed by atoms with van der Waals surface area (Å²) in [7, 11) is 0. The lowest BCUT2D eigenvalue weighted by Crippen LogP contribution is -2.48. The second kappa shape index (κ2) is 9.13. The highest BCUT2D eigenvalue weighted by Crippen LogP contribution is 2.40. The van der Waals surface area contributed by atoms with Gasteiger partial charge in [0.1, 0.15) is 5.60 Å². The largest absolute Gasteiger partial charge is 0.443 e. The van der Waals surface area contributed by atoms with Crippen LogP contribution in [-0.4, -0.2) is 54.7 Å². The second-order valence-electron chi connectivity index (χ2n) is 11.6. The van der Waals surface area contributed by atoms with Gasteiger partial charge in [0.05, 0.1) is 45.4 Å². The highest BCUT2D eigenvalue weighted by Gasteiger charge is 2.35. The number of carbonyl (C=O) groups is 1. The van der Waals surface area contributed by atoms with E-state index in [1.165, 1.54) is 4.90 Å². The van der Waals surface area contributed by atoms with E-state index >= 15 is 0 Å².